The summed E-state index contributed by atoms with van der Waals surface area (Å²) in [6.07, 6.45) is 9.08. The summed E-state index contributed by atoms with van der Waals surface area (Å²) in [4.78, 5) is 8.68. The molecule has 11 aromatic carbocycles. The first-order chi connectivity index (χ1) is 29.2. The smallest absolute Gasteiger partial charge is 0.0540 e. The van der Waals surface area contributed by atoms with Gasteiger partial charge in [0.1, 0.15) is 0 Å². The van der Waals surface area contributed by atoms with Gasteiger partial charge < -0.3 is 14.8 Å². The van der Waals surface area contributed by atoms with Crippen molar-refractivity contribution in [3.05, 3.63) is 200 Å². The van der Waals surface area contributed by atoms with Crippen LogP contribution in [0, 0.1) is 0 Å². The SMILES string of the molecule is C1=CC(N(c2ccc3[nH]c4ccc(N(c5ccccc5)c5ccc6ccc7cccc8ccc5c6c78)cc4c3c2)c2ccc3ccc4cccc5ccc2c3c45)=CCC1. The van der Waals surface area contributed by atoms with Crippen molar-refractivity contribution >= 4 is 115 Å². The third-order valence-electron chi connectivity index (χ3n) is 12.8. The van der Waals surface area contributed by atoms with E-state index in [0.29, 0.717) is 0 Å². The Morgan fingerprint density at radius 3 is 1.39 bits per heavy atom. The van der Waals surface area contributed by atoms with Crippen LogP contribution in [0.2, 0.25) is 0 Å². The maximum atomic E-state index is 3.77. The van der Waals surface area contributed by atoms with Crippen molar-refractivity contribution < 1.29 is 0 Å². The normalized spacial score (nSPS) is 13.3. The molecular formula is C56H37N3. The van der Waals surface area contributed by atoms with E-state index in [4.69, 9.17) is 0 Å². The minimum atomic E-state index is 1.02. The van der Waals surface area contributed by atoms with Gasteiger partial charge in [0.25, 0.3) is 0 Å². The number of nitrogens with one attached hydrogen (secondary N) is 1. The molecule has 1 N–H and O–H groups in total. The summed E-state index contributed by atoms with van der Waals surface area (Å²) in [5.41, 5.74) is 9.19. The number of aromatic nitrogens is 1. The van der Waals surface area contributed by atoms with E-state index in [0.717, 1.165) is 46.6 Å². The molecule has 0 atom stereocenters. The lowest BCUT2D eigenvalue weighted by Crippen LogP contribution is -2.16. The lowest BCUT2D eigenvalue weighted by molar-refractivity contribution is 0.998. The second-order valence-electron chi connectivity index (χ2n) is 16.1. The predicted octanol–water partition coefficient (Wildman–Crippen LogP) is 16.0. The third-order valence-corrected chi connectivity index (χ3v) is 12.8. The molecule has 59 heavy (non-hydrogen) atoms. The van der Waals surface area contributed by atoms with Crippen LogP contribution in [0.3, 0.4) is 0 Å². The predicted molar refractivity (Wildman–Crippen MR) is 253 cm³/mol. The number of para-hydroxylation sites is 1. The van der Waals surface area contributed by atoms with Crippen molar-refractivity contribution in [3.8, 4) is 0 Å². The first-order valence-corrected chi connectivity index (χ1v) is 20.7. The van der Waals surface area contributed by atoms with Gasteiger partial charge in [-0.3, -0.25) is 0 Å². The molecule has 0 saturated carbocycles. The molecule has 12 aromatic rings. The number of nitrogens with zero attached hydrogens (tertiary/aromatic N) is 2. The van der Waals surface area contributed by atoms with Gasteiger partial charge in [0, 0.05) is 55.3 Å². The van der Waals surface area contributed by atoms with Crippen LogP contribution in [0.25, 0.3) is 86.4 Å². The van der Waals surface area contributed by atoms with E-state index < -0.39 is 0 Å². The van der Waals surface area contributed by atoms with Crippen molar-refractivity contribution in [3.63, 3.8) is 0 Å². The summed E-state index contributed by atoms with van der Waals surface area (Å²) < 4.78 is 0. The maximum Gasteiger partial charge on any atom is 0.0540 e. The Morgan fingerprint density at radius 2 is 0.847 bits per heavy atom. The minimum Gasteiger partial charge on any atom is -0.355 e. The molecule has 13 rings (SSSR count). The molecular weight excluding hydrogens is 715 g/mol. The Bertz CT molecular complexity index is 3650. The number of aromatic amines is 1. The standard InChI is InChI=1S/C56H37N3/c1-3-13-41(14-4-1)58(51-31-23-39-19-17-35-9-7-11-37-21-27-45(51)55(39)53(35)37)43-25-29-49-47(33-43)48-34-44(26-30-50(48)57-49)59(42-15-5-2-6-16-42)52-32-24-40-20-18-36-10-8-12-38-22-28-46(52)56(40)54(36)38/h1,3-5,7-34,57H,2,6H2. The summed E-state index contributed by atoms with van der Waals surface area (Å²) in [5, 5.41) is 17.9. The van der Waals surface area contributed by atoms with E-state index in [2.05, 4.69) is 209 Å². The zero-order chi connectivity index (χ0) is 38.6. The maximum absolute atomic E-state index is 3.77. The number of rotatable bonds is 6. The minimum absolute atomic E-state index is 1.02. The van der Waals surface area contributed by atoms with Gasteiger partial charge in [-0.05, 0) is 133 Å². The number of allylic oxidation sites excluding steroid dienone is 3. The fraction of sp³-hybridized carbons (Fsp3) is 0.0357. The van der Waals surface area contributed by atoms with E-state index in [1.165, 1.54) is 86.8 Å². The zero-order valence-electron chi connectivity index (χ0n) is 32.3. The molecule has 1 aliphatic carbocycles. The largest absolute Gasteiger partial charge is 0.355 e. The Balaban J connectivity index is 1.02. The first-order valence-electron chi connectivity index (χ1n) is 20.7. The second kappa shape index (κ2) is 12.4. The Hall–Kier alpha value is -7.62. The van der Waals surface area contributed by atoms with E-state index in [9.17, 15) is 0 Å². The molecule has 0 unspecified atom stereocenters. The van der Waals surface area contributed by atoms with Gasteiger partial charge in [-0.15, -0.1) is 0 Å². The number of fused-ring (bicyclic) bond motifs is 3. The number of H-pyrrole nitrogens is 1. The summed E-state index contributed by atoms with van der Waals surface area (Å²) in [5.74, 6) is 0. The highest BCUT2D eigenvalue weighted by Crippen LogP contribution is 2.47. The number of benzene rings is 11. The monoisotopic (exact) mass is 751 g/mol. The zero-order valence-corrected chi connectivity index (χ0v) is 32.3. The molecule has 0 radical (unpaired) electrons. The molecule has 0 amide bonds. The highest BCUT2D eigenvalue weighted by Gasteiger charge is 2.22. The summed E-state index contributed by atoms with van der Waals surface area (Å²) in [7, 11) is 0. The van der Waals surface area contributed by atoms with E-state index in [1.54, 1.807) is 0 Å². The Kier molecular flexibility index (Phi) is 6.84. The van der Waals surface area contributed by atoms with Gasteiger partial charge in [-0.25, -0.2) is 0 Å². The molecule has 0 fully saturated rings. The van der Waals surface area contributed by atoms with Crippen LogP contribution >= 0.6 is 0 Å². The lowest BCUT2D eigenvalue weighted by atomic mass is 9.93. The molecule has 3 nitrogen and oxygen atoms in total. The van der Waals surface area contributed by atoms with Gasteiger partial charge in [0.15, 0.2) is 0 Å². The Morgan fingerprint density at radius 1 is 0.356 bits per heavy atom. The average molecular weight is 752 g/mol. The first kappa shape index (κ1) is 32.5. The van der Waals surface area contributed by atoms with Crippen LogP contribution in [0.15, 0.2) is 200 Å². The molecule has 1 aliphatic rings. The van der Waals surface area contributed by atoms with Crippen molar-refractivity contribution in [1.82, 2.24) is 4.98 Å². The molecule has 3 heteroatoms. The van der Waals surface area contributed by atoms with E-state index in [1.807, 2.05) is 0 Å². The van der Waals surface area contributed by atoms with E-state index >= 15 is 0 Å². The van der Waals surface area contributed by atoms with Crippen LogP contribution in [0.1, 0.15) is 12.8 Å². The van der Waals surface area contributed by atoms with Gasteiger partial charge in [0.05, 0.1) is 11.4 Å². The summed E-state index contributed by atoms with van der Waals surface area (Å²) in [6, 6.07) is 65.4. The average Bonchev–Trinajstić information content (AvgIpc) is 3.66. The highest BCUT2D eigenvalue weighted by atomic mass is 15.2. The van der Waals surface area contributed by atoms with Gasteiger partial charge in [-0.1, -0.05) is 127 Å². The number of hydrogen-bond acceptors (Lipinski definition) is 2. The van der Waals surface area contributed by atoms with Crippen molar-refractivity contribution in [2.75, 3.05) is 9.80 Å². The van der Waals surface area contributed by atoms with Crippen molar-refractivity contribution in [2.24, 2.45) is 0 Å². The van der Waals surface area contributed by atoms with Crippen molar-refractivity contribution in [2.45, 2.75) is 12.8 Å². The quantitative estimate of drug-likeness (QED) is 0.171. The lowest BCUT2D eigenvalue weighted by Gasteiger charge is -2.29. The van der Waals surface area contributed by atoms with Crippen LogP contribution < -0.4 is 9.80 Å². The number of anilines is 5. The van der Waals surface area contributed by atoms with Crippen molar-refractivity contribution in [1.29, 1.82) is 0 Å². The summed E-state index contributed by atoms with van der Waals surface area (Å²) in [6.45, 7) is 0. The van der Waals surface area contributed by atoms with Crippen LogP contribution in [-0.2, 0) is 0 Å². The summed E-state index contributed by atoms with van der Waals surface area (Å²) >= 11 is 0. The molecule has 0 saturated heterocycles. The third kappa shape index (κ3) is 4.82. The fourth-order valence-corrected chi connectivity index (χ4v) is 10.2. The molecule has 1 heterocycles. The van der Waals surface area contributed by atoms with Gasteiger partial charge >= 0.3 is 0 Å². The van der Waals surface area contributed by atoms with Crippen LogP contribution in [-0.4, -0.2) is 4.98 Å². The van der Waals surface area contributed by atoms with E-state index in [-0.39, 0.29) is 0 Å². The molecule has 0 bridgehead atoms. The molecule has 0 spiro atoms. The van der Waals surface area contributed by atoms with Crippen LogP contribution in [0.5, 0.6) is 0 Å². The molecule has 0 aliphatic heterocycles. The van der Waals surface area contributed by atoms with Gasteiger partial charge in [-0.2, -0.15) is 0 Å². The van der Waals surface area contributed by atoms with Gasteiger partial charge in [0.2, 0.25) is 0 Å². The molecule has 1 aromatic heterocycles. The fourth-order valence-electron chi connectivity index (χ4n) is 10.2. The highest BCUT2D eigenvalue weighted by molar-refractivity contribution is 6.27. The Labute approximate surface area is 341 Å². The topological polar surface area (TPSA) is 22.3 Å². The van der Waals surface area contributed by atoms with Crippen LogP contribution in [0.4, 0.5) is 28.4 Å². The second-order valence-corrected chi connectivity index (χ2v) is 16.1. The number of hydrogen-bond donors (Lipinski definition) is 1. The molecule has 276 valence electrons.